The predicted molar refractivity (Wildman–Crippen MR) is 106 cm³/mol. The molecule has 2 N–H and O–H groups in total. The highest BCUT2D eigenvalue weighted by Crippen LogP contribution is 2.19. The maximum atomic E-state index is 12.5. The van der Waals surface area contributed by atoms with Crippen LogP contribution in [-0.4, -0.2) is 72.2 Å². The third kappa shape index (κ3) is 5.77. The molecule has 7 nitrogen and oxygen atoms in total. The van der Waals surface area contributed by atoms with Crippen molar-refractivity contribution in [3.63, 3.8) is 0 Å². The fourth-order valence-electron chi connectivity index (χ4n) is 3.84. The first kappa shape index (κ1) is 20.8. The number of rotatable bonds is 7. The van der Waals surface area contributed by atoms with Gasteiger partial charge < -0.3 is 15.2 Å². The molecule has 0 aliphatic carbocycles. The number of hydrogen-bond acceptors (Lipinski definition) is 5. The van der Waals surface area contributed by atoms with E-state index in [1.54, 1.807) is 0 Å². The lowest BCUT2D eigenvalue weighted by Crippen LogP contribution is -2.50. The second-order valence-corrected chi connectivity index (χ2v) is 7.77. The Bertz CT molecular complexity index is 658. The minimum Gasteiger partial charge on any atom is -0.481 e. The summed E-state index contributed by atoms with van der Waals surface area (Å²) in [6, 6.07) is 8.03. The normalized spacial score (nSPS) is 22.5. The zero-order chi connectivity index (χ0) is 19.9. The van der Waals surface area contributed by atoms with Crippen molar-refractivity contribution in [2.24, 2.45) is 5.92 Å². The average Bonchev–Trinajstić information content (AvgIpc) is 2.73. The van der Waals surface area contributed by atoms with Crippen molar-refractivity contribution in [2.45, 2.75) is 38.9 Å². The molecule has 28 heavy (non-hydrogen) atoms. The number of hydrogen-bond donors (Lipinski definition) is 2. The molecule has 0 aromatic heterocycles. The second kappa shape index (κ2) is 10.0. The van der Waals surface area contributed by atoms with Crippen LogP contribution >= 0.6 is 0 Å². The number of carboxylic acid groups (broad SMARTS) is 1. The first-order valence-electron chi connectivity index (χ1n) is 10.2. The lowest BCUT2D eigenvalue weighted by molar-refractivity contribution is -0.145. The summed E-state index contributed by atoms with van der Waals surface area (Å²) >= 11 is 0. The molecule has 0 bridgehead atoms. The van der Waals surface area contributed by atoms with Crippen molar-refractivity contribution < 1.29 is 19.4 Å². The Hall–Kier alpha value is -1.96. The van der Waals surface area contributed by atoms with Gasteiger partial charge in [-0.1, -0.05) is 24.3 Å². The van der Waals surface area contributed by atoms with Gasteiger partial charge >= 0.3 is 5.97 Å². The molecule has 0 radical (unpaired) electrons. The molecule has 2 aliphatic rings. The first-order chi connectivity index (χ1) is 13.5. The summed E-state index contributed by atoms with van der Waals surface area (Å²) in [4.78, 5) is 28.1. The van der Waals surface area contributed by atoms with Gasteiger partial charge in [-0.05, 0) is 37.4 Å². The van der Waals surface area contributed by atoms with Crippen LogP contribution in [0.1, 0.15) is 30.9 Å². The van der Waals surface area contributed by atoms with Gasteiger partial charge in [0.05, 0.1) is 25.2 Å². The van der Waals surface area contributed by atoms with Crippen LogP contribution in [0.2, 0.25) is 0 Å². The number of morpholine rings is 1. The second-order valence-electron chi connectivity index (χ2n) is 7.77. The van der Waals surface area contributed by atoms with Gasteiger partial charge in [0.2, 0.25) is 5.91 Å². The molecule has 3 rings (SSSR count). The molecule has 1 amide bonds. The van der Waals surface area contributed by atoms with Gasteiger partial charge in [0, 0.05) is 32.7 Å². The molecule has 2 aliphatic heterocycles. The Morgan fingerprint density at radius 2 is 1.86 bits per heavy atom. The van der Waals surface area contributed by atoms with Crippen molar-refractivity contribution in [1.82, 2.24) is 15.1 Å². The zero-order valence-electron chi connectivity index (χ0n) is 16.6. The van der Waals surface area contributed by atoms with E-state index in [0.717, 1.165) is 51.4 Å². The third-order valence-electron chi connectivity index (χ3n) is 5.73. The Kier molecular flexibility index (Phi) is 7.42. The van der Waals surface area contributed by atoms with Gasteiger partial charge in [0.1, 0.15) is 0 Å². The molecule has 0 spiro atoms. The highest BCUT2D eigenvalue weighted by Gasteiger charge is 2.30. The molecule has 2 atom stereocenters. The Morgan fingerprint density at radius 3 is 2.54 bits per heavy atom. The van der Waals surface area contributed by atoms with Gasteiger partial charge in [-0.25, -0.2) is 0 Å². The number of nitrogens with one attached hydrogen (secondary N) is 1. The van der Waals surface area contributed by atoms with E-state index in [-0.39, 0.29) is 17.9 Å². The lowest BCUT2D eigenvalue weighted by atomic mass is 9.97. The SMILES string of the molecule is CC(C(=O)NCc1ccc(CN2CCOCC2)cc1)N1CCCC(C(=O)O)C1. The fourth-order valence-corrected chi connectivity index (χ4v) is 3.84. The average molecular weight is 389 g/mol. The minimum absolute atomic E-state index is 0.0524. The smallest absolute Gasteiger partial charge is 0.307 e. The number of piperidine rings is 1. The number of carbonyl (C=O) groups is 2. The Balaban J connectivity index is 1.45. The maximum Gasteiger partial charge on any atom is 0.307 e. The number of nitrogens with zero attached hydrogens (tertiary/aromatic N) is 2. The molecule has 2 heterocycles. The molecule has 7 heteroatoms. The van der Waals surface area contributed by atoms with E-state index in [2.05, 4.69) is 34.5 Å². The van der Waals surface area contributed by atoms with Crippen LogP contribution in [0, 0.1) is 5.92 Å². The standard InChI is InChI=1S/C21H31N3O4/c1-16(24-8-2-3-19(15-24)21(26)27)20(25)22-13-17-4-6-18(7-5-17)14-23-9-11-28-12-10-23/h4-7,16,19H,2-3,8-15H2,1H3,(H,22,25)(H,26,27). The van der Waals surface area contributed by atoms with E-state index in [1.165, 1.54) is 5.56 Å². The minimum atomic E-state index is -0.769. The van der Waals surface area contributed by atoms with Crippen molar-refractivity contribution >= 4 is 11.9 Å². The summed E-state index contributed by atoms with van der Waals surface area (Å²) in [5.41, 5.74) is 2.33. The molecule has 2 saturated heterocycles. The summed E-state index contributed by atoms with van der Waals surface area (Å²) in [6.45, 7) is 8.01. The van der Waals surface area contributed by atoms with E-state index in [4.69, 9.17) is 4.74 Å². The monoisotopic (exact) mass is 389 g/mol. The Labute approximate surface area is 166 Å². The topological polar surface area (TPSA) is 82.1 Å². The summed E-state index contributed by atoms with van der Waals surface area (Å²) in [5, 5.41) is 12.2. The lowest BCUT2D eigenvalue weighted by Gasteiger charge is -2.34. The summed E-state index contributed by atoms with van der Waals surface area (Å²) in [6.07, 6.45) is 1.51. The van der Waals surface area contributed by atoms with E-state index in [1.807, 2.05) is 11.8 Å². The predicted octanol–water partition coefficient (Wildman–Crippen LogP) is 1.32. The number of amides is 1. The number of carbonyl (C=O) groups excluding carboxylic acids is 1. The molecular formula is C21H31N3O4. The molecule has 2 fully saturated rings. The van der Waals surface area contributed by atoms with Crippen LogP contribution in [0.4, 0.5) is 0 Å². The van der Waals surface area contributed by atoms with Crippen LogP contribution in [-0.2, 0) is 27.4 Å². The van der Waals surface area contributed by atoms with E-state index < -0.39 is 5.97 Å². The first-order valence-corrected chi connectivity index (χ1v) is 10.2. The Morgan fingerprint density at radius 1 is 1.18 bits per heavy atom. The molecule has 1 aromatic carbocycles. The molecule has 1 aromatic rings. The fraction of sp³-hybridized carbons (Fsp3) is 0.619. The van der Waals surface area contributed by atoms with E-state index >= 15 is 0 Å². The van der Waals surface area contributed by atoms with Gasteiger partial charge in [0.15, 0.2) is 0 Å². The van der Waals surface area contributed by atoms with Crippen LogP contribution in [0.3, 0.4) is 0 Å². The highest BCUT2D eigenvalue weighted by atomic mass is 16.5. The van der Waals surface area contributed by atoms with Crippen LogP contribution < -0.4 is 5.32 Å². The van der Waals surface area contributed by atoms with Crippen molar-refractivity contribution in [1.29, 1.82) is 0 Å². The molecule has 154 valence electrons. The maximum absolute atomic E-state index is 12.5. The number of carboxylic acids is 1. The van der Waals surface area contributed by atoms with Gasteiger partial charge in [0.25, 0.3) is 0 Å². The zero-order valence-corrected chi connectivity index (χ0v) is 16.6. The van der Waals surface area contributed by atoms with Crippen molar-refractivity contribution in [3.8, 4) is 0 Å². The summed E-state index contributed by atoms with van der Waals surface area (Å²) in [7, 11) is 0. The van der Waals surface area contributed by atoms with Crippen molar-refractivity contribution in [2.75, 3.05) is 39.4 Å². The van der Waals surface area contributed by atoms with Crippen LogP contribution in [0.5, 0.6) is 0 Å². The van der Waals surface area contributed by atoms with E-state index in [0.29, 0.717) is 19.5 Å². The van der Waals surface area contributed by atoms with Gasteiger partial charge in [-0.2, -0.15) is 0 Å². The number of aliphatic carboxylic acids is 1. The molecule has 0 saturated carbocycles. The molecular weight excluding hydrogens is 358 g/mol. The highest BCUT2D eigenvalue weighted by molar-refractivity contribution is 5.81. The number of likely N-dealkylation sites (tertiary alicyclic amines) is 1. The largest absolute Gasteiger partial charge is 0.481 e. The van der Waals surface area contributed by atoms with Gasteiger partial charge in [-0.3, -0.25) is 19.4 Å². The van der Waals surface area contributed by atoms with Crippen molar-refractivity contribution in [3.05, 3.63) is 35.4 Å². The van der Waals surface area contributed by atoms with Crippen LogP contribution in [0.15, 0.2) is 24.3 Å². The van der Waals surface area contributed by atoms with Gasteiger partial charge in [-0.15, -0.1) is 0 Å². The van der Waals surface area contributed by atoms with E-state index in [9.17, 15) is 14.7 Å². The summed E-state index contributed by atoms with van der Waals surface area (Å²) in [5.74, 6) is -1.19. The molecule has 2 unspecified atom stereocenters. The number of benzene rings is 1. The quantitative estimate of drug-likeness (QED) is 0.732. The third-order valence-corrected chi connectivity index (χ3v) is 5.73. The van der Waals surface area contributed by atoms with Crippen LogP contribution in [0.25, 0.3) is 0 Å². The summed E-state index contributed by atoms with van der Waals surface area (Å²) < 4.78 is 5.38. The number of ether oxygens (including phenoxy) is 1.